The quantitative estimate of drug-likeness (QED) is 0.738. The van der Waals surface area contributed by atoms with Crippen molar-refractivity contribution in [1.29, 1.82) is 0 Å². The molecule has 2 heterocycles. The maximum Gasteiger partial charge on any atom is 0.277 e. The molecule has 1 aliphatic heterocycles. The number of carbonyl (C=O) groups excluding carboxylic acids is 1. The highest BCUT2D eigenvalue weighted by molar-refractivity contribution is 6.02. The molecule has 2 aromatic rings. The highest BCUT2D eigenvalue weighted by atomic mass is 16.3. The SMILES string of the molecule is O=C(Nc1ccc(CO)cc1)c1cn(C2CNC2)nn1. The van der Waals surface area contributed by atoms with Crippen LogP contribution in [0.5, 0.6) is 0 Å². The molecule has 1 aromatic carbocycles. The van der Waals surface area contributed by atoms with Crippen molar-refractivity contribution in [1.82, 2.24) is 20.3 Å². The number of rotatable bonds is 4. The van der Waals surface area contributed by atoms with Crippen LogP contribution in [0.1, 0.15) is 22.1 Å². The molecule has 3 rings (SSSR count). The molecule has 104 valence electrons. The second-order valence-corrected chi connectivity index (χ2v) is 4.71. The van der Waals surface area contributed by atoms with Gasteiger partial charge in [0.05, 0.1) is 18.8 Å². The van der Waals surface area contributed by atoms with Gasteiger partial charge in [-0.3, -0.25) is 4.79 Å². The standard InChI is InChI=1S/C13H15N5O2/c19-8-9-1-3-10(4-2-9)15-13(20)12-7-18(17-16-12)11-5-14-6-11/h1-4,7,11,14,19H,5-6,8H2,(H,15,20). The van der Waals surface area contributed by atoms with E-state index in [4.69, 9.17) is 5.11 Å². The van der Waals surface area contributed by atoms with Crippen molar-refractivity contribution in [2.75, 3.05) is 18.4 Å². The molecule has 1 amide bonds. The Balaban J connectivity index is 1.67. The number of aromatic nitrogens is 3. The van der Waals surface area contributed by atoms with Crippen LogP contribution < -0.4 is 10.6 Å². The monoisotopic (exact) mass is 273 g/mol. The molecule has 0 radical (unpaired) electrons. The molecule has 3 N–H and O–H groups in total. The fourth-order valence-electron chi connectivity index (χ4n) is 1.91. The predicted octanol–water partition coefficient (Wildman–Crippen LogP) is 0.167. The van der Waals surface area contributed by atoms with Gasteiger partial charge in [0.1, 0.15) is 0 Å². The Bertz CT molecular complexity index is 603. The van der Waals surface area contributed by atoms with E-state index in [0.717, 1.165) is 18.7 Å². The maximum absolute atomic E-state index is 12.0. The summed E-state index contributed by atoms with van der Waals surface area (Å²) in [5.74, 6) is -0.291. The van der Waals surface area contributed by atoms with Crippen LogP contribution in [0.15, 0.2) is 30.5 Å². The summed E-state index contributed by atoms with van der Waals surface area (Å²) in [7, 11) is 0. The zero-order chi connectivity index (χ0) is 13.9. The lowest BCUT2D eigenvalue weighted by Crippen LogP contribution is -2.43. The van der Waals surface area contributed by atoms with Crippen molar-refractivity contribution in [3.63, 3.8) is 0 Å². The summed E-state index contributed by atoms with van der Waals surface area (Å²) in [4.78, 5) is 12.0. The first-order chi connectivity index (χ1) is 9.76. The third kappa shape index (κ3) is 2.54. The molecule has 1 aliphatic rings. The Labute approximate surface area is 115 Å². The van der Waals surface area contributed by atoms with Crippen LogP contribution in [-0.4, -0.2) is 39.1 Å². The fraction of sp³-hybridized carbons (Fsp3) is 0.308. The topological polar surface area (TPSA) is 92.1 Å². The van der Waals surface area contributed by atoms with Gasteiger partial charge in [0.25, 0.3) is 5.91 Å². The number of benzene rings is 1. The van der Waals surface area contributed by atoms with Crippen LogP contribution in [0.4, 0.5) is 5.69 Å². The fourth-order valence-corrected chi connectivity index (χ4v) is 1.91. The lowest BCUT2D eigenvalue weighted by atomic mass is 10.2. The molecule has 1 saturated heterocycles. The van der Waals surface area contributed by atoms with Crippen LogP contribution in [-0.2, 0) is 6.61 Å². The van der Waals surface area contributed by atoms with Gasteiger partial charge in [0.15, 0.2) is 5.69 Å². The van der Waals surface area contributed by atoms with Crippen molar-refractivity contribution >= 4 is 11.6 Å². The maximum atomic E-state index is 12.0. The Morgan fingerprint density at radius 1 is 1.40 bits per heavy atom. The van der Waals surface area contributed by atoms with E-state index >= 15 is 0 Å². The van der Waals surface area contributed by atoms with Crippen LogP contribution in [0.2, 0.25) is 0 Å². The zero-order valence-corrected chi connectivity index (χ0v) is 10.8. The van der Waals surface area contributed by atoms with Crippen LogP contribution in [0.3, 0.4) is 0 Å². The van der Waals surface area contributed by atoms with Gasteiger partial charge in [-0.25, -0.2) is 4.68 Å². The number of aliphatic hydroxyl groups excluding tert-OH is 1. The van der Waals surface area contributed by atoms with E-state index in [9.17, 15) is 4.79 Å². The van der Waals surface area contributed by atoms with E-state index in [-0.39, 0.29) is 18.6 Å². The average molecular weight is 273 g/mol. The van der Waals surface area contributed by atoms with Crippen molar-refractivity contribution in [2.45, 2.75) is 12.6 Å². The number of hydrogen-bond acceptors (Lipinski definition) is 5. The Hall–Kier alpha value is -2.25. The first-order valence-corrected chi connectivity index (χ1v) is 6.40. The first-order valence-electron chi connectivity index (χ1n) is 6.40. The van der Waals surface area contributed by atoms with E-state index < -0.39 is 0 Å². The zero-order valence-electron chi connectivity index (χ0n) is 10.8. The van der Waals surface area contributed by atoms with Crippen molar-refractivity contribution in [2.24, 2.45) is 0 Å². The lowest BCUT2D eigenvalue weighted by Gasteiger charge is -2.26. The minimum Gasteiger partial charge on any atom is -0.392 e. The minimum atomic E-state index is -0.291. The Kier molecular flexibility index (Phi) is 3.44. The number of hydrogen-bond donors (Lipinski definition) is 3. The van der Waals surface area contributed by atoms with E-state index in [2.05, 4.69) is 20.9 Å². The molecule has 1 fully saturated rings. The third-order valence-corrected chi connectivity index (χ3v) is 3.27. The van der Waals surface area contributed by atoms with Crippen LogP contribution in [0, 0.1) is 0 Å². The molecular formula is C13H15N5O2. The van der Waals surface area contributed by atoms with E-state index in [0.29, 0.717) is 11.4 Å². The second-order valence-electron chi connectivity index (χ2n) is 4.71. The number of aliphatic hydroxyl groups is 1. The molecule has 7 heteroatoms. The first kappa shape index (κ1) is 12.8. The average Bonchev–Trinajstić information content (AvgIpc) is 2.87. The van der Waals surface area contributed by atoms with Gasteiger partial charge in [-0.05, 0) is 17.7 Å². The molecule has 0 unspecified atom stereocenters. The highest BCUT2D eigenvalue weighted by Gasteiger charge is 2.21. The van der Waals surface area contributed by atoms with Gasteiger partial charge >= 0.3 is 0 Å². The van der Waals surface area contributed by atoms with Gasteiger partial charge in [-0.15, -0.1) is 5.10 Å². The molecule has 1 aromatic heterocycles. The Morgan fingerprint density at radius 3 is 2.75 bits per heavy atom. The second kappa shape index (κ2) is 5.40. The summed E-state index contributed by atoms with van der Waals surface area (Å²) in [6.07, 6.45) is 1.66. The summed E-state index contributed by atoms with van der Waals surface area (Å²) in [6, 6.07) is 7.28. The van der Waals surface area contributed by atoms with E-state index in [1.807, 2.05) is 0 Å². The number of amides is 1. The highest BCUT2D eigenvalue weighted by Crippen LogP contribution is 2.13. The molecule has 7 nitrogen and oxygen atoms in total. The van der Waals surface area contributed by atoms with Gasteiger partial charge < -0.3 is 15.7 Å². The summed E-state index contributed by atoms with van der Waals surface area (Å²) in [5.41, 5.74) is 1.75. The molecular weight excluding hydrogens is 258 g/mol. The summed E-state index contributed by atoms with van der Waals surface area (Å²) in [6.45, 7) is 1.69. The van der Waals surface area contributed by atoms with Crippen LogP contribution in [0.25, 0.3) is 0 Å². The Morgan fingerprint density at radius 2 is 2.15 bits per heavy atom. The minimum absolute atomic E-state index is 0.0159. The molecule has 0 aliphatic carbocycles. The van der Waals surface area contributed by atoms with Crippen molar-refractivity contribution in [3.05, 3.63) is 41.7 Å². The lowest BCUT2D eigenvalue weighted by molar-refractivity contribution is 0.102. The molecule has 20 heavy (non-hydrogen) atoms. The normalized spacial score (nSPS) is 14.8. The van der Waals surface area contributed by atoms with Gasteiger partial charge in [-0.1, -0.05) is 17.3 Å². The number of nitrogens with one attached hydrogen (secondary N) is 2. The molecule has 0 atom stereocenters. The number of carbonyl (C=O) groups is 1. The summed E-state index contributed by atoms with van der Waals surface area (Å²) < 4.78 is 1.71. The van der Waals surface area contributed by atoms with Gasteiger partial charge in [0.2, 0.25) is 0 Å². The number of anilines is 1. The van der Waals surface area contributed by atoms with Gasteiger partial charge in [-0.2, -0.15) is 0 Å². The smallest absolute Gasteiger partial charge is 0.277 e. The predicted molar refractivity (Wildman–Crippen MR) is 72.2 cm³/mol. The summed E-state index contributed by atoms with van der Waals surface area (Å²) >= 11 is 0. The molecule has 0 saturated carbocycles. The largest absolute Gasteiger partial charge is 0.392 e. The molecule has 0 spiro atoms. The molecule has 0 bridgehead atoms. The van der Waals surface area contributed by atoms with Gasteiger partial charge in [0, 0.05) is 18.8 Å². The van der Waals surface area contributed by atoms with Crippen molar-refractivity contribution < 1.29 is 9.90 Å². The van der Waals surface area contributed by atoms with E-state index in [1.54, 1.807) is 35.1 Å². The van der Waals surface area contributed by atoms with Crippen LogP contribution >= 0.6 is 0 Å². The van der Waals surface area contributed by atoms with E-state index in [1.165, 1.54) is 0 Å². The van der Waals surface area contributed by atoms with Crippen molar-refractivity contribution in [3.8, 4) is 0 Å². The summed E-state index contributed by atoms with van der Waals surface area (Å²) in [5, 5.41) is 22.7. The number of nitrogens with zero attached hydrogens (tertiary/aromatic N) is 3. The third-order valence-electron chi connectivity index (χ3n) is 3.27.